The second kappa shape index (κ2) is 6.00. The van der Waals surface area contributed by atoms with Crippen molar-refractivity contribution in [3.05, 3.63) is 0 Å². The van der Waals surface area contributed by atoms with E-state index in [-0.39, 0.29) is 0 Å². The summed E-state index contributed by atoms with van der Waals surface area (Å²) in [6.45, 7) is 6.11. The van der Waals surface area contributed by atoms with Crippen molar-refractivity contribution in [2.45, 2.75) is 20.3 Å². The van der Waals surface area contributed by atoms with E-state index < -0.39 is 0 Å². The van der Waals surface area contributed by atoms with E-state index in [0.717, 1.165) is 25.3 Å². The van der Waals surface area contributed by atoms with Crippen LogP contribution in [-0.2, 0) is 0 Å². The van der Waals surface area contributed by atoms with Gasteiger partial charge in [0.25, 0.3) is 0 Å². The molecule has 0 heterocycles. The highest BCUT2D eigenvalue weighted by atomic mass is 15.1. The predicted molar refractivity (Wildman–Crippen MR) is 54.5 cm³/mol. The molecule has 0 aromatic carbocycles. The van der Waals surface area contributed by atoms with E-state index in [9.17, 15) is 0 Å². The standard InChI is InChI=1S/C9H21N3/c1-8(2)7-11-9(10)5-6-12(3)4/h8H,5-7H2,1-4H3,(H2,10,11). The molecule has 0 rings (SSSR count). The molecular weight excluding hydrogens is 150 g/mol. The van der Waals surface area contributed by atoms with Crippen molar-refractivity contribution in [1.29, 1.82) is 0 Å². The molecule has 0 fully saturated rings. The van der Waals surface area contributed by atoms with Gasteiger partial charge in [0.15, 0.2) is 0 Å². The third-order valence-corrected chi connectivity index (χ3v) is 1.47. The minimum absolute atomic E-state index is 0.600. The fourth-order valence-corrected chi connectivity index (χ4v) is 0.717. The van der Waals surface area contributed by atoms with Crippen LogP contribution in [-0.4, -0.2) is 37.9 Å². The van der Waals surface area contributed by atoms with Crippen molar-refractivity contribution in [3.63, 3.8) is 0 Å². The lowest BCUT2D eigenvalue weighted by molar-refractivity contribution is 0.421. The summed E-state index contributed by atoms with van der Waals surface area (Å²) in [6.07, 6.45) is 0.875. The summed E-state index contributed by atoms with van der Waals surface area (Å²) in [5.41, 5.74) is 5.69. The molecule has 0 aliphatic carbocycles. The van der Waals surface area contributed by atoms with E-state index in [1.165, 1.54) is 0 Å². The van der Waals surface area contributed by atoms with Gasteiger partial charge in [0.05, 0.1) is 5.84 Å². The molecule has 0 radical (unpaired) electrons. The molecule has 2 N–H and O–H groups in total. The largest absolute Gasteiger partial charge is 0.387 e. The molecule has 0 atom stereocenters. The maximum absolute atomic E-state index is 5.69. The van der Waals surface area contributed by atoms with Crippen LogP contribution in [0.15, 0.2) is 4.99 Å². The van der Waals surface area contributed by atoms with Crippen molar-refractivity contribution in [2.24, 2.45) is 16.6 Å². The van der Waals surface area contributed by atoms with E-state index in [2.05, 4.69) is 23.7 Å². The Morgan fingerprint density at radius 2 is 2.00 bits per heavy atom. The van der Waals surface area contributed by atoms with Crippen molar-refractivity contribution in [2.75, 3.05) is 27.2 Å². The van der Waals surface area contributed by atoms with Crippen LogP contribution in [0.3, 0.4) is 0 Å². The number of aliphatic imine (C=N–C) groups is 1. The topological polar surface area (TPSA) is 41.6 Å². The zero-order valence-electron chi connectivity index (χ0n) is 8.67. The van der Waals surface area contributed by atoms with Gasteiger partial charge in [-0.25, -0.2) is 0 Å². The second-order valence-corrected chi connectivity index (χ2v) is 3.78. The van der Waals surface area contributed by atoms with Crippen LogP contribution in [0.4, 0.5) is 0 Å². The van der Waals surface area contributed by atoms with Gasteiger partial charge >= 0.3 is 0 Å². The number of rotatable bonds is 5. The van der Waals surface area contributed by atoms with Crippen LogP contribution in [0.5, 0.6) is 0 Å². The molecule has 0 amide bonds. The first-order valence-electron chi connectivity index (χ1n) is 4.46. The van der Waals surface area contributed by atoms with Gasteiger partial charge in [0.1, 0.15) is 0 Å². The van der Waals surface area contributed by atoms with Crippen LogP contribution in [0.2, 0.25) is 0 Å². The van der Waals surface area contributed by atoms with Gasteiger partial charge in [0.2, 0.25) is 0 Å². The molecule has 3 nitrogen and oxygen atoms in total. The molecule has 0 saturated heterocycles. The van der Waals surface area contributed by atoms with Gasteiger partial charge in [-0.05, 0) is 20.0 Å². The van der Waals surface area contributed by atoms with E-state index >= 15 is 0 Å². The lowest BCUT2D eigenvalue weighted by Crippen LogP contribution is -2.22. The molecule has 0 unspecified atom stereocenters. The minimum atomic E-state index is 0.600. The molecular formula is C9H21N3. The van der Waals surface area contributed by atoms with Crippen molar-refractivity contribution in [1.82, 2.24) is 4.90 Å². The van der Waals surface area contributed by atoms with E-state index in [4.69, 9.17) is 5.73 Å². The maximum Gasteiger partial charge on any atom is 0.0950 e. The SMILES string of the molecule is CC(C)CN=C(N)CCN(C)C. The molecule has 0 saturated carbocycles. The van der Waals surface area contributed by atoms with Gasteiger partial charge in [-0.3, -0.25) is 4.99 Å². The van der Waals surface area contributed by atoms with Gasteiger partial charge in [0, 0.05) is 19.5 Å². The zero-order valence-corrected chi connectivity index (χ0v) is 8.67. The highest BCUT2D eigenvalue weighted by Crippen LogP contribution is 1.92. The van der Waals surface area contributed by atoms with Gasteiger partial charge < -0.3 is 10.6 Å². The fourth-order valence-electron chi connectivity index (χ4n) is 0.717. The van der Waals surface area contributed by atoms with Gasteiger partial charge in [-0.1, -0.05) is 13.8 Å². The lowest BCUT2D eigenvalue weighted by atomic mass is 10.2. The Morgan fingerprint density at radius 1 is 1.42 bits per heavy atom. The van der Waals surface area contributed by atoms with E-state index in [0.29, 0.717) is 5.92 Å². The molecule has 12 heavy (non-hydrogen) atoms. The van der Waals surface area contributed by atoms with Gasteiger partial charge in [-0.2, -0.15) is 0 Å². The first kappa shape index (κ1) is 11.4. The molecule has 0 spiro atoms. The smallest absolute Gasteiger partial charge is 0.0950 e. The molecule has 0 aliphatic heterocycles. The number of amidine groups is 1. The van der Waals surface area contributed by atoms with Crippen molar-refractivity contribution >= 4 is 5.84 Å². The first-order valence-corrected chi connectivity index (χ1v) is 4.46. The van der Waals surface area contributed by atoms with Crippen LogP contribution in [0, 0.1) is 5.92 Å². The Hall–Kier alpha value is -0.570. The number of nitrogens with two attached hydrogens (primary N) is 1. The Bertz CT molecular complexity index is 139. The Balaban J connectivity index is 3.56. The van der Waals surface area contributed by atoms with E-state index in [1.54, 1.807) is 0 Å². The first-order chi connectivity index (χ1) is 5.52. The number of nitrogens with zero attached hydrogens (tertiary/aromatic N) is 2. The quantitative estimate of drug-likeness (QED) is 0.494. The second-order valence-electron chi connectivity index (χ2n) is 3.78. The van der Waals surface area contributed by atoms with E-state index in [1.807, 2.05) is 14.1 Å². The minimum Gasteiger partial charge on any atom is -0.387 e. The summed E-state index contributed by atoms with van der Waals surface area (Å²) in [7, 11) is 4.07. The fraction of sp³-hybridized carbons (Fsp3) is 0.889. The van der Waals surface area contributed by atoms with Crippen LogP contribution in [0.25, 0.3) is 0 Å². The van der Waals surface area contributed by atoms with Gasteiger partial charge in [-0.15, -0.1) is 0 Å². The average molecular weight is 171 g/mol. The van der Waals surface area contributed by atoms with Crippen LogP contribution >= 0.6 is 0 Å². The number of hydrogen-bond donors (Lipinski definition) is 1. The Morgan fingerprint density at radius 3 is 2.42 bits per heavy atom. The Kier molecular flexibility index (Phi) is 5.72. The van der Waals surface area contributed by atoms with Crippen molar-refractivity contribution < 1.29 is 0 Å². The molecule has 0 aromatic heterocycles. The average Bonchev–Trinajstić information content (AvgIpc) is 1.96. The summed E-state index contributed by atoms with van der Waals surface area (Å²) in [5, 5.41) is 0. The lowest BCUT2D eigenvalue weighted by Gasteiger charge is -2.08. The Labute approximate surface area is 75.7 Å². The molecule has 0 aromatic rings. The summed E-state index contributed by atoms with van der Waals surface area (Å²) >= 11 is 0. The highest BCUT2D eigenvalue weighted by molar-refractivity contribution is 5.80. The highest BCUT2D eigenvalue weighted by Gasteiger charge is 1.95. The third-order valence-electron chi connectivity index (χ3n) is 1.47. The zero-order chi connectivity index (χ0) is 9.56. The summed E-state index contributed by atoms with van der Waals surface area (Å²) in [6, 6.07) is 0. The van der Waals surface area contributed by atoms with Crippen LogP contribution < -0.4 is 5.73 Å². The normalized spacial score (nSPS) is 13.0. The van der Waals surface area contributed by atoms with Crippen LogP contribution in [0.1, 0.15) is 20.3 Å². The predicted octanol–water partition coefficient (Wildman–Crippen LogP) is 0.951. The monoisotopic (exact) mass is 171 g/mol. The molecule has 72 valence electrons. The maximum atomic E-state index is 5.69. The summed E-state index contributed by atoms with van der Waals surface area (Å²) < 4.78 is 0. The summed E-state index contributed by atoms with van der Waals surface area (Å²) in [4.78, 5) is 6.37. The molecule has 0 bridgehead atoms. The summed E-state index contributed by atoms with van der Waals surface area (Å²) in [5.74, 6) is 1.38. The van der Waals surface area contributed by atoms with Crippen molar-refractivity contribution in [3.8, 4) is 0 Å². The third kappa shape index (κ3) is 7.54. The molecule has 3 heteroatoms. The molecule has 0 aliphatic rings. The number of hydrogen-bond acceptors (Lipinski definition) is 2.